The van der Waals surface area contributed by atoms with Crippen LogP contribution >= 0.6 is 0 Å². The van der Waals surface area contributed by atoms with E-state index in [9.17, 15) is 0 Å². The summed E-state index contributed by atoms with van der Waals surface area (Å²) in [4.78, 5) is 0. The number of aromatic nitrogens is 2. The highest BCUT2D eigenvalue weighted by atomic mass is 28.3. The summed E-state index contributed by atoms with van der Waals surface area (Å²) in [5.41, 5.74) is 8.68. The lowest BCUT2D eigenvalue weighted by molar-refractivity contribution is 0.735. The molecule has 0 bridgehead atoms. The predicted octanol–water partition coefficient (Wildman–Crippen LogP) is 10.8. The van der Waals surface area contributed by atoms with Gasteiger partial charge in [-0.05, 0) is 93.2 Å². The molecule has 1 atom stereocenters. The van der Waals surface area contributed by atoms with Gasteiger partial charge in [0.05, 0.1) is 22.1 Å². The van der Waals surface area contributed by atoms with Crippen molar-refractivity contribution in [3.8, 4) is 11.4 Å². The first-order chi connectivity index (χ1) is 27.2. The molecule has 2 nitrogen and oxygen atoms in total. The van der Waals surface area contributed by atoms with Crippen molar-refractivity contribution in [2.24, 2.45) is 0 Å². The fourth-order valence-electron chi connectivity index (χ4n) is 9.11. The second-order valence-electron chi connectivity index (χ2n) is 14.9. The van der Waals surface area contributed by atoms with Crippen LogP contribution in [0.1, 0.15) is 31.7 Å². The van der Waals surface area contributed by atoms with Crippen molar-refractivity contribution in [1.29, 1.82) is 0 Å². The van der Waals surface area contributed by atoms with Crippen LogP contribution in [0.3, 0.4) is 0 Å². The molecule has 0 aliphatic heterocycles. The summed E-state index contributed by atoms with van der Waals surface area (Å²) in [7, 11) is -2.77. The Hall–Kier alpha value is -6.42. The molecular formula is C52H42N2Si. The van der Waals surface area contributed by atoms with Crippen LogP contribution in [-0.2, 0) is 0 Å². The highest BCUT2D eigenvalue weighted by Gasteiger charge is 2.41. The average Bonchev–Trinajstić information content (AvgIpc) is 3.78. The molecule has 55 heavy (non-hydrogen) atoms. The van der Waals surface area contributed by atoms with Gasteiger partial charge in [0.25, 0.3) is 0 Å². The molecule has 0 spiro atoms. The minimum Gasteiger partial charge on any atom is -0.309 e. The summed E-state index contributed by atoms with van der Waals surface area (Å²) >= 11 is 0. The molecule has 3 heteroatoms. The van der Waals surface area contributed by atoms with Gasteiger partial charge in [0.15, 0.2) is 8.07 Å². The lowest BCUT2D eigenvalue weighted by Gasteiger charge is -2.34. The molecular weight excluding hydrogens is 681 g/mol. The van der Waals surface area contributed by atoms with E-state index in [-0.39, 0.29) is 0 Å². The summed E-state index contributed by atoms with van der Waals surface area (Å²) in [6, 6.07) is 74.9. The summed E-state index contributed by atoms with van der Waals surface area (Å²) in [5.74, 6) is 0.524. The molecule has 0 radical (unpaired) electrons. The van der Waals surface area contributed by atoms with Crippen LogP contribution in [0, 0.1) is 0 Å². The van der Waals surface area contributed by atoms with E-state index < -0.39 is 8.07 Å². The molecule has 0 N–H and O–H groups in total. The molecule has 10 aromatic rings. The first kappa shape index (κ1) is 33.2. The van der Waals surface area contributed by atoms with Gasteiger partial charge in [-0.15, -0.1) is 0 Å². The van der Waals surface area contributed by atoms with Gasteiger partial charge in [0.1, 0.15) is 0 Å². The number of fused-ring (bicyclic) bond motifs is 6. The van der Waals surface area contributed by atoms with Crippen molar-refractivity contribution >= 4 is 72.4 Å². The second-order valence-corrected chi connectivity index (χ2v) is 18.7. The Morgan fingerprint density at radius 1 is 0.382 bits per heavy atom. The number of hydrogen-bond donors (Lipinski definition) is 0. The van der Waals surface area contributed by atoms with Gasteiger partial charge >= 0.3 is 0 Å². The van der Waals surface area contributed by atoms with Crippen molar-refractivity contribution in [2.75, 3.05) is 0 Å². The van der Waals surface area contributed by atoms with Gasteiger partial charge < -0.3 is 9.13 Å². The van der Waals surface area contributed by atoms with Crippen molar-refractivity contribution in [3.63, 3.8) is 0 Å². The van der Waals surface area contributed by atoms with Crippen LogP contribution in [0.2, 0.25) is 0 Å². The number of nitrogens with zero attached hydrogens (tertiary/aromatic N) is 2. The first-order valence-corrected chi connectivity index (χ1v) is 21.5. The SMILES string of the molecule is CCC(C)c1ccc2c(c1)c1ccccc1n2-c1ccc([Si](c2ccccc2)(c2ccccc2)c2ccc(-n3c4ccccc4c4ccccc43)cc2)cc1. The smallest absolute Gasteiger partial charge is 0.179 e. The Labute approximate surface area is 323 Å². The molecule has 0 aliphatic rings. The minimum atomic E-state index is -2.77. The van der Waals surface area contributed by atoms with E-state index in [1.165, 1.54) is 81.3 Å². The number of rotatable bonds is 8. The van der Waals surface area contributed by atoms with Crippen LogP contribution < -0.4 is 20.7 Å². The summed E-state index contributed by atoms with van der Waals surface area (Å²) in [6.07, 6.45) is 1.13. The van der Waals surface area contributed by atoms with Gasteiger partial charge in [0, 0.05) is 32.9 Å². The largest absolute Gasteiger partial charge is 0.309 e. The van der Waals surface area contributed by atoms with Crippen LogP contribution in [0.25, 0.3) is 55.0 Å². The summed E-state index contributed by atoms with van der Waals surface area (Å²) in [6.45, 7) is 4.60. The molecule has 10 rings (SSSR count). The van der Waals surface area contributed by atoms with Gasteiger partial charge in [-0.1, -0.05) is 159 Å². The van der Waals surface area contributed by atoms with E-state index in [2.05, 4.69) is 223 Å². The van der Waals surface area contributed by atoms with Crippen molar-refractivity contribution in [1.82, 2.24) is 9.13 Å². The van der Waals surface area contributed by atoms with Crippen molar-refractivity contribution < 1.29 is 0 Å². The fourth-order valence-corrected chi connectivity index (χ4v) is 13.8. The molecule has 1 unspecified atom stereocenters. The monoisotopic (exact) mass is 722 g/mol. The molecule has 264 valence electrons. The Balaban J connectivity index is 1.17. The molecule has 2 aromatic heterocycles. The lowest BCUT2D eigenvalue weighted by Crippen LogP contribution is -2.74. The maximum Gasteiger partial charge on any atom is 0.179 e. The summed E-state index contributed by atoms with van der Waals surface area (Å²) < 4.78 is 4.86. The van der Waals surface area contributed by atoms with Crippen LogP contribution in [0.5, 0.6) is 0 Å². The Kier molecular flexibility index (Phi) is 8.12. The van der Waals surface area contributed by atoms with Crippen LogP contribution in [-0.4, -0.2) is 17.2 Å². The quantitative estimate of drug-likeness (QED) is 0.109. The Morgan fingerprint density at radius 2 is 0.745 bits per heavy atom. The molecule has 8 aromatic carbocycles. The normalized spacial score (nSPS) is 12.5. The molecule has 0 amide bonds. The third-order valence-corrected chi connectivity index (χ3v) is 16.8. The average molecular weight is 723 g/mol. The fraction of sp³-hybridized carbons (Fsp3) is 0.0769. The van der Waals surface area contributed by atoms with E-state index in [4.69, 9.17) is 0 Å². The molecule has 0 saturated carbocycles. The zero-order valence-corrected chi connectivity index (χ0v) is 32.2. The topological polar surface area (TPSA) is 9.86 Å². The number of benzene rings is 8. The highest BCUT2D eigenvalue weighted by Crippen LogP contribution is 2.35. The second kappa shape index (κ2) is 13.5. The van der Waals surface area contributed by atoms with E-state index in [0.717, 1.165) is 6.42 Å². The molecule has 0 fully saturated rings. The van der Waals surface area contributed by atoms with Crippen molar-refractivity contribution in [2.45, 2.75) is 26.2 Å². The number of para-hydroxylation sites is 3. The third kappa shape index (κ3) is 5.22. The maximum absolute atomic E-state index is 2.77. The first-order valence-electron chi connectivity index (χ1n) is 19.5. The Bertz CT molecular complexity index is 2860. The van der Waals surface area contributed by atoms with Gasteiger partial charge in [0.2, 0.25) is 0 Å². The van der Waals surface area contributed by atoms with Gasteiger partial charge in [-0.3, -0.25) is 0 Å². The minimum absolute atomic E-state index is 0.524. The highest BCUT2D eigenvalue weighted by molar-refractivity contribution is 7.19. The van der Waals surface area contributed by atoms with Gasteiger partial charge in [-0.25, -0.2) is 0 Å². The van der Waals surface area contributed by atoms with Crippen LogP contribution in [0.4, 0.5) is 0 Å². The van der Waals surface area contributed by atoms with Crippen molar-refractivity contribution in [3.05, 3.63) is 206 Å². The lowest BCUT2D eigenvalue weighted by atomic mass is 9.97. The van der Waals surface area contributed by atoms with E-state index in [1.54, 1.807) is 0 Å². The zero-order chi connectivity index (χ0) is 36.9. The van der Waals surface area contributed by atoms with Crippen LogP contribution in [0.15, 0.2) is 200 Å². The summed E-state index contributed by atoms with van der Waals surface area (Å²) in [5, 5.41) is 10.6. The zero-order valence-electron chi connectivity index (χ0n) is 31.2. The molecule has 2 heterocycles. The molecule has 0 saturated heterocycles. The predicted molar refractivity (Wildman–Crippen MR) is 237 cm³/mol. The molecule has 0 aliphatic carbocycles. The van der Waals surface area contributed by atoms with Gasteiger partial charge in [-0.2, -0.15) is 0 Å². The van der Waals surface area contributed by atoms with E-state index in [1.807, 2.05) is 0 Å². The van der Waals surface area contributed by atoms with E-state index >= 15 is 0 Å². The standard InChI is InChI=1S/C52H42N2Si/c1-3-37(2)38-26-35-52-48(36-38)47-22-12-15-25-51(47)54(52)40-29-33-44(34-30-40)55(41-16-6-4-7-17-41,42-18-8-5-9-19-42)43-31-27-39(28-32-43)53-49-23-13-10-20-45(49)46-21-11-14-24-50(46)53/h4-37H,3H2,1-2H3. The Morgan fingerprint density at radius 3 is 1.18 bits per heavy atom. The third-order valence-electron chi connectivity index (χ3n) is 12.0. The van der Waals surface area contributed by atoms with E-state index in [0.29, 0.717) is 5.92 Å². The number of hydrogen-bond acceptors (Lipinski definition) is 0. The maximum atomic E-state index is 2.45.